The molecular weight excluding hydrogens is 206 g/mol. The molecule has 86 valence electrons. The summed E-state index contributed by atoms with van der Waals surface area (Å²) in [7, 11) is 1.52. The molecule has 2 rings (SSSR count). The third-order valence-corrected chi connectivity index (χ3v) is 3.35. The van der Waals surface area contributed by atoms with E-state index in [2.05, 4.69) is 4.98 Å². The second kappa shape index (κ2) is 4.12. The SMILES string of the molecule is COc1ncccc1C1(C(=O)O)CCCC1. The second-order valence-corrected chi connectivity index (χ2v) is 4.15. The number of carbonyl (C=O) groups is 1. The molecule has 4 nitrogen and oxygen atoms in total. The van der Waals surface area contributed by atoms with Crippen LogP contribution < -0.4 is 4.74 Å². The third-order valence-electron chi connectivity index (χ3n) is 3.35. The fourth-order valence-corrected chi connectivity index (χ4v) is 2.49. The quantitative estimate of drug-likeness (QED) is 0.847. The Hall–Kier alpha value is -1.58. The van der Waals surface area contributed by atoms with Crippen LogP contribution in [0.25, 0.3) is 0 Å². The molecule has 1 fully saturated rings. The van der Waals surface area contributed by atoms with Crippen molar-refractivity contribution in [1.29, 1.82) is 0 Å². The number of hydrogen-bond acceptors (Lipinski definition) is 3. The molecule has 16 heavy (non-hydrogen) atoms. The van der Waals surface area contributed by atoms with Gasteiger partial charge in [-0.25, -0.2) is 4.98 Å². The van der Waals surface area contributed by atoms with Gasteiger partial charge in [-0.2, -0.15) is 0 Å². The molecule has 1 aliphatic carbocycles. The molecule has 1 N–H and O–H groups in total. The maximum atomic E-state index is 11.5. The van der Waals surface area contributed by atoms with Gasteiger partial charge < -0.3 is 9.84 Å². The number of pyridine rings is 1. The lowest BCUT2D eigenvalue weighted by atomic mass is 9.79. The van der Waals surface area contributed by atoms with E-state index in [1.165, 1.54) is 7.11 Å². The van der Waals surface area contributed by atoms with Crippen LogP contribution in [0.15, 0.2) is 18.3 Å². The first kappa shape index (κ1) is 10.9. The van der Waals surface area contributed by atoms with E-state index in [1.807, 2.05) is 6.07 Å². The average Bonchev–Trinajstić information content (AvgIpc) is 2.79. The van der Waals surface area contributed by atoms with Crippen molar-refractivity contribution in [1.82, 2.24) is 4.98 Å². The Morgan fingerprint density at radius 1 is 1.50 bits per heavy atom. The summed E-state index contributed by atoms with van der Waals surface area (Å²) in [5, 5.41) is 9.45. The van der Waals surface area contributed by atoms with Crippen molar-refractivity contribution in [3.8, 4) is 5.88 Å². The summed E-state index contributed by atoms with van der Waals surface area (Å²) in [5.41, 5.74) is -0.0814. The molecule has 0 aromatic carbocycles. The van der Waals surface area contributed by atoms with Crippen LogP contribution in [0, 0.1) is 0 Å². The van der Waals surface area contributed by atoms with Crippen molar-refractivity contribution in [2.45, 2.75) is 31.1 Å². The molecule has 0 bridgehead atoms. The number of aromatic nitrogens is 1. The minimum Gasteiger partial charge on any atom is -0.481 e. The van der Waals surface area contributed by atoms with Crippen molar-refractivity contribution >= 4 is 5.97 Å². The predicted octanol–water partition coefficient (Wildman–Crippen LogP) is 1.99. The fourth-order valence-electron chi connectivity index (χ4n) is 2.49. The molecule has 0 unspecified atom stereocenters. The number of nitrogens with zero attached hydrogens (tertiary/aromatic N) is 1. The van der Waals surface area contributed by atoms with Crippen molar-refractivity contribution in [3.63, 3.8) is 0 Å². The van der Waals surface area contributed by atoms with Crippen LogP contribution in [0.5, 0.6) is 5.88 Å². The highest BCUT2D eigenvalue weighted by atomic mass is 16.5. The van der Waals surface area contributed by atoms with E-state index < -0.39 is 11.4 Å². The molecule has 0 atom stereocenters. The lowest BCUT2D eigenvalue weighted by Gasteiger charge is -2.25. The first-order chi connectivity index (χ1) is 7.70. The van der Waals surface area contributed by atoms with E-state index in [0.29, 0.717) is 24.3 Å². The summed E-state index contributed by atoms with van der Waals surface area (Å²) in [6.07, 6.45) is 4.86. The molecule has 0 saturated heterocycles. The Morgan fingerprint density at radius 2 is 2.19 bits per heavy atom. The van der Waals surface area contributed by atoms with Crippen molar-refractivity contribution in [2.75, 3.05) is 7.11 Å². The van der Waals surface area contributed by atoms with E-state index in [-0.39, 0.29) is 0 Å². The molecule has 1 saturated carbocycles. The number of ether oxygens (including phenoxy) is 1. The van der Waals surface area contributed by atoms with Crippen LogP contribution in [0.2, 0.25) is 0 Å². The van der Waals surface area contributed by atoms with Gasteiger partial charge in [0.25, 0.3) is 0 Å². The smallest absolute Gasteiger partial charge is 0.314 e. The summed E-state index contributed by atoms with van der Waals surface area (Å²) < 4.78 is 5.16. The van der Waals surface area contributed by atoms with Gasteiger partial charge in [-0.15, -0.1) is 0 Å². The monoisotopic (exact) mass is 221 g/mol. The Kier molecular flexibility index (Phi) is 2.81. The molecule has 1 heterocycles. The number of hydrogen-bond donors (Lipinski definition) is 1. The second-order valence-electron chi connectivity index (χ2n) is 4.15. The predicted molar refractivity (Wildman–Crippen MR) is 58.6 cm³/mol. The zero-order valence-electron chi connectivity index (χ0n) is 9.27. The minimum absolute atomic E-state index is 0.437. The molecule has 1 aliphatic rings. The van der Waals surface area contributed by atoms with Crippen LogP contribution in [-0.2, 0) is 10.2 Å². The number of rotatable bonds is 3. The van der Waals surface area contributed by atoms with E-state index in [9.17, 15) is 9.90 Å². The standard InChI is InChI=1S/C12H15NO3/c1-16-10-9(5-4-8-13-10)12(11(14)15)6-2-3-7-12/h4-5,8H,2-3,6-7H2,1H3,(H,14,15). The van der Waals surface area contributed by atoms with Gasteiger partial charge in [-0.3, -0.25) is 4.79 Å². The lowest BCUT2D eigenvalue weighted by molar-refractivity contribution is -0.143. The highest BCUT2D eigenvalue weighted by Crippen LogP contribution is 2.44. The summed E-state index contributed by atoms with van der Waals surface area (Å²) in [5.74, 6) is -0.330. The van der Waals surface area contributed by atoms with E-state index in [0.717, 1.165) is 12.8 Å². The molecule has 1 aromatic heterocycles. The van der Waals surface area contributed by atoms with Gasteiger partial charge in [0.1, 0.15) is 0 Å². The highest BCUT2D eigenvalue weighted by molar-refractivity contribution is 5.82. The molecule has 0 spiro atoms. The van der Waals surface area contributed by atoms with Crippen molar-refractivity contribution in [3.05, 3.63) is 23.9 Å². The van der Waals surface area contributed by atoms with Gasteiger partial charge in [0, 0.05) is 11.8 Å². The summed E-state index contributed by atoms with van der Waals surface area (Å²) in [4.78, 5) is 15.6. The van der Waals surface area contributed by atoms with E-state index in [4.69, 9.17) is 4.74 Å². The van der Waals surface area contributed by atoms with Crippen molar-refractivity contribution in [2.24, 2.45) is 0 Å². The van der Waals surface area contributed by atoms with Crippen LogP contribution >= 0.6 is 0 Å². The van der Waals surface area contributed by atoms with E-state index in [1.54, 1.807) is 12.3 Å². The third kappa shape index (κ3) is 1.54. The Morgan fingerprint density at radius 3 is 2.75 bits per heavy atom. The van der Waals surface area contributed by atoms with Gasteiger partial charge in [-0.05, 0) is 18.9 Å². The Bertz CT molecular complexity index is 397. The molecule has 4 heteroatoms. The van der Waals surface area contributed by atoms with Gasteiger partial charge >= 0.3 is 5.97 Å². The maximum Gasteiger partial charge on any atom is 0.314 e. The summed E-state index contributed by atoms with van der Waals surface area (Å²) in [6, 6.07) is 3.58. The number of methoxy groups -OCH3 is 1. The van der Waals surface area contributed by atoms with E-state index >= 15 is 0 Å². The highest BCUT2D eigenvalue weighted by Gasteiger charge is 2.45. The molecule has 1 aromatic rings. The zero-order chi connectivity index (χ0) is 11.6. The number of aliphatic carboxylic acids is 1. The Balaban J connectivity index is 2.51. The maximum absolute atomic E-state index is 11.5. The number of carboxylic acids is 1. The summed E-state index contributed by atoms with van der Waals surface area (Å²) >= 11 is 0. The topological polar surface area (TPSA) is 59.4 Å². The molecule has 0 radical (unpaired) electrons. The van der Waals surface area contributed by atoms with Crippen LogP contribution in [-0.4, -0.2) is 23.2 Å². The lowest BCUT2D eigenvalue weighted by Crippen LogP contribution is -2.33. The van der Waals surface area contributed by atoms with Crippen molar-refractivity contribution < 1.29 is 14.6 Å². The van der Waals surface area contributed by atoms with Crippen LogP contribution in [0.3, 0.4) is 0 Å². The van der Waals surface area contributed by atoms with Gasteiger partial charge in [0.2, 0.25) is 5.88 Å². The molecule has 0 amide bonds. The largest absolute Gasteiger partial charge is 0.481 e. The minimum atomic E-state index is -0.792. The van der Waals surface area contributed by atoms with Crippen LogP contribution in [0.4, 0.5) is 0 Å². The molecular formula is C12H15NO3. The van der Waals surface area contributed by atoms with Gasteiger partial charge in [0.05, 0.1) is 12.5 Å². The van der Waals surface area contributed by atoms with Gasteiger partial charge in [0.15, 0.2) is 0 Å². The molecule has 0 aliphatic heterocycles. The normalized spacial score (nSPS) is 18.3. The first-order valence-electron chi connectivity index (χ1n) is 5.43. The first-order valence-corrected chi connectivity index (χ1v) is 5.43. The summed E-state index contributed by atoms with van der Waals surface area (Å²) in [6.45, 7) is 0. The average molecular weight is 221 g/mol. The zero-order valence-corrected chi connectivity index (χ0v) is 9.27. The van der Waals surface area contributed by atoms with Crippen LogP contribution in [0.1, 0.15) is 31.2 Å². The fraction of sp³-hybridized carbons (Fsp3) is 0.500. The number of carboxylic acid groups (broad SMARTS) is 1. The Labute approximate surface area is 94.3 Å². The van der Waals surface area contributed by atoms with Gasteiger partial charge in [-0.1, -0.05) is 18.9 Å².